The van der Waals surface area contributed by atoms with E-state index in [1.54, 1.807) is 0 Å². The molecule has 0 fully saturated rings. The van der Waals surface area contributed by atoms with Gasteiger partial charge < -0.3 is 9.84 Å². The van der Waals surface area contributed by atoms with Crippen LogP contribution in [0.2, 0.25) is 0 Å². The summed E-state index contributed by atoms with van der Waals surface area (Å²) in [7, 11) is 0. The summed E-state index contributed by atoms with van der Waals surface area (Å²) in [4.78, 5) is 4.65. The zero-order valence-corrected chi connectivity index (χ0v) is 21.9. The Kier molecular flexibility index (Phi) is 15.4. The van der Waals surface area contributed by atoms with Crippen molar-refractivity contribution in [3.63, 3.8) is 0 Å². The number of rotatable bonds is 20. The molecular formula is C31H49NO2. The Morgan fingerprint density at radius 3 is 1.94 bits per heavy atom. The van der Waals surface area contributed by atoms with E-state index in [-0.39, 0.29) is 6.10 Å². The average molecular weight is 468 g/mol. The summed E-state index contributed by atoms with van der Waals surface area (Å²) in [6, 6.07) is 12.5. The molecule has 0 spiro atoms. The first-order chi connectivity index (χ1) is 16.7. The van der Waals surface area contributed by atoms with E-state index in [1.807, 2.05) is 18.3 Å². The molecule has 1 atom stereocenters. The van der Waals surface area contributed by atoms with Crippen molar-refractivity contribution in [2.75, 3.05) is 6.61 Å². The molecule has 1 aromatic heterocycles. The Labute approximate surface area is 209 Å². The van der Waals surface area contributed by atoms with Gasteiger partial charge >= 0.3 is 0 Å². The number of aromatic nitrogens is 1. The minimum absolute atomic E-state index is 0.195. The van der Waals surface area contributed by atoms with Crippen molar-refractivity contribution in [3.05, 3.63) is 48.2 Å². The van der Waals surface area contributed by atoms with Gasteiger partial charge in [-0.25, -0.2) is 0 Å². The maximum absolute atomic E-state index is 10.2. The first-order valence-corrected chi connectivity index (χ1v) is 14.1. The molecule has 0 radical (unpaired) electrons. The molecule has 34 heavy (non-hydrogen) atoms. The van der Waals surface area contributed by atoms with E-state index in [2.05, 4.69) is 43.1 Å². The second-order valence-electron chi connectivity index (χ2n) is 9.79. The molecule has 3 heteroatoms. The van der Waals surface area contributed by atoms with Gasteiger partial charge in [0.05, 0.1) is 18.4 Å². The van der Waals surface area contributed by atoms with Crippen LogP contribution in [0.25, 0.3) is 11.3 Å². The van der Waals surface area contributed by atoms with Crippen LogP contribution in [0.15, 0.2) is 42.6 Å². The highest BCUT2D eigenvalue weighted by molar-refractivity contribution is 5.60. The SMILES string of the molecule is CCCCCCCCCCCOc1ccc(-c2ccc(CCC(O)CCCCCC)cn2)cc1. The standard InChI is InChI=1S/C31H49NO2/c1-3-5-7-9-10-11-12-13-15-25-34-30-22-19-28(20-23-30)31-24-18-27(26-32-31)17-21-29(33)16-14-8-6-4-2/h18-20,22-24,26,29,33H,3-17,21,25H2,1-2H3. The van der Waals surface area contributed by atoms with Crippen molar-refractivity contribution in [1.82, 2.24) is 4.98 Å². The number of nitrogens with zero attached hydrogens (tertiary/aromatic N) is 1. The van der Waals surface area contributed by atoms with Crippen LogP contribution >= 0.6 is 0 Å². The van der Waals surface area contributed by atoms with E-state index >= 15 is 0 Å². The summed E-state index contributed by atoms with van der Waals surface area (Å²) < 4.78 is 5.93. The number of benzene rings is 1. The molecule has 0 saturated heterocycles. The van der Waals surface area contributed by atoms with Crippen molar-refractivity contribution in [1.29, 1.82) is 0 Å². The van der Waals surface area contributed by atoms with Crippen molar-refractivity contribution in [2.45, 2.75) is 123 Å². The highest BCUT2D eigenvalue weighted by Crippen LogP contribution is 2.22. The molecule has 2 aromatic rings. The average Bonchev–Trinajstić information content (AvgIpc) is 2.87. The summed E-state index contributed by atoms with van der Waals surface area (Å²) in [6.07, 6.45) is 21.2. The third kappa shape index (κ3) is 12.6. The number of hydrogen-bond donors (Lipinski definition) is 1. The molecule has 190 valence electrons. The van der Waals surface area contributed by atoms with Crippen molar-refractivity contribution < 1.29 is 9.84 Å². The fourth-order valence-electron chi connectivity index (χ4n) is 4.35. The second-order valence-corrected chi connectivity index (χ2v) is 9.79. The third-order valence-electron chi connectivity index (χ3n) is 6.65. The van der Waals surface area contributed by atoms with E-state index < -0.39 is 0 Å². The van der Waals surface area contributed by atoms with Gasteiger partial charge in [0.1, 0.15) is 5.75 Å². The van der Waals surface area contributed by atoms with E-state index in [4.69, 9.17) is 4.74 Å². The lowest BCUT2D eigenvalue weighted by Crippen LogP contribution is -2.07. The van der Waals surface area contributed by atoms with Crippen molar-refractivity contribution in [3.8, 4) is 17.0 Å². The predicted molar refractivity (Wildman–Crippen MR) is 145 cm³/mol. The van der Waals surface area contributed by atoms with Gasteiger partial charge in [0.15, 0.2) is 0 Å². The van der Waals surface area contributed by atoms with Crippen LogP contribution in [-0.4, -0.2) is 22.8 Å². The molecule has 1 heterocycles. The lowest BCUT2D eigenvalue weighted by molar-refractivity contribution is 0.151. The molecule has 0 aliphatic carbocycles. The van der Waals surface area contributed by atoms with E-state index in [1.165, 1.54) is 76.2 Å². The molecule has 0 bridgehead atoms. The van der Waals surface area contributed by atoms with Crippen LogP contribution in [0.4, 0.5) is 0 Å². The van der Waals surface area contributed by atoms with E-state index in [0.717, 1.165) is 55.7 Å². The summed E-state index contributed by atoms with van der Waals surface area (Å²) in [5.74, 6) is 0.938. The van der Waals surface area contributed by atoms with Gasteiger partial charge in [0.25, 0.3) is 0 Å². The fourth-order valence-corrected chi connectivity index (χ4v) is 4.35. The zero-order valence-electron chi connectivity index (χ0n) is 21.9. The van der Waals surface area contributed by atoms with Gasteiger partial charge in [-0.05, 0) is 61.6 Å². The number of unbranched alkanes of at least 4 members (excludes halogenated alkanes) is 11. The van der Waals surface area contributed by atoms with Gasteiger partial charge in [0, 0.05) is 11.8 Å². The number of pyridine rings is 1. The van der Waals surface area contributed by atoms with Gasteiger partial charge in [-0.2, -0.15) is 0 Å². The van der Waals surface area contributed by atoms with Crippen LogP contribution in [0, 0.1) is 0 Å². The van der Waals surface area contributed by atoms with Gasteiger partial charge in [0.2, 0.25) is 0 Å². The summed E-state index contributed by atoms with van der Waals surface area (Å²) in [5.41, 5.74) is 3.28. The minimum Gasteiger partial charge on any atom is -0.494 e. The largest absolute Gasteiger partial charge is 0.494 e. The summed E-state index contributed by atoms with van der Waals surface area (Å²) in [5, 5.41) is 10.2. The quantitative estimate of drug-likeness (QED) is 0.198. The van der Waals surface area contributed by atoms with Crippen LogP contribution in [0.5, 0.6) is 5.75 Å². The molecule has 2 rings (SSSR count). The number of ether oxygens (including phenoxy) is 1. The van der Waals surface area contributed by atoms with Crippen LogP contribution in [0.3, 0.4) is 0 Å². The zero-order chi connectivity index (χ0) is 24.3. The van der Waals surface area contributed by atoms with E-state index in [9.17, 15) is 5.11 Å². The Balaban J connectivity index is 1.61. The third-order valence-corrected chi connectivity index (χ3v) is 6.65. The number of aliphatic hydroxyl groups excluding tert-OH is 1. The molecule has 1 unspecified atom stereocenters. The molecule has 1 N–H and O–H groups in total. The van der Waals surface area contributed by atoms with Gasteiger partial charge in [-0.1, -0.05) is 97.0 Å². The minimum atomic E-state index is -0.195. The second kappa shape index (κ2) is 18.5. The van der Waals surface area contributed by atoms with Gasteiger partial charge in [-0.3, -0.25) is 4.98 Å². The lowest BCUT2D eigenvalue weighted by Gasteiger charge is -2.10. The molecule has 3 nitrogen and oxygen atoms in total. The fraction of sp³-hybridized carbons (Fsp3) is 0.645. The van der Waals surface area contributed by atoms with Crippen LogP contribution < -0.4 is 4.74 Å². The highest BCUT2D eigenvalue weighted by atomic mass is 16.5. The smallest absolute Gasteiger partial charge is 0.119 e. The summed E-state index contributed by atoms with van der Waals surface area (Å²) >= 11 is 0. The van der Waals surface area contributed by atoms with Crippen LogP contribution in [-0.2, 0) is 6.42 Å². The first-order valence-electron chi connectivity index (χ1n) is 14.1. The summed E-state index contributed by atoms with van der Waals surface area (Å²) in [6.45, 7) is 5.29. The lowest BCUT2D eigenvalue weighted by atomic mass is 10.0. The monoisotopic (exact) mass is 467 g/mol. The Hall–Kier alpha value is -1.87. The maximum Gasteiger partial charge on any atom is 0.119 e. The Morgan fingerprint density at radius 2 is 1.32 bits per heavy atom. The van der Waals surface area contributed by atoms with Crippen LogP contribution in [0.1, 0.15) is 116 Å². The predicted octanol–water partition coefficient (Wildman–Crippen LogP) is 8.92. The first kappa shape index (κ1) is 28.4. The molecule has 0 saturated carbocycles. The normalized spacial score (nSPS) is 12.1. The number of aryl methyl sites for hydroxylation is 1. The number of hydrogen-bond acceptors (Lipinski definition) is 3. The molecular weight excluding hydrogens is 418 g/mol. The molecule has 0 amide bonds. The Bertz CT molecular complexity index is 726. The van der Waals surface area contributed by atoms with Crippen molar-refractivity contribution >= 4 is 0 Å². The maximum atomic E-state index is 10.2. The molecule has 1 aromatic carbocycles. The molecule has 0 aliphatic heterocycles. The Morgan fingerprint density at radius 1 is 0.706 bits per heavy atom. The van der Waals surface area contributed by atoms with Crippen molar-refractivity contribution in [2.24, 2.45) is 0 Å². The molecule has 0 aliphatic rings. The highest BCUT2D eigenvalue weighted by Gasteiger charge is 2.06. The topological polar surface area (TPSA) is 42.4 Å². The van der Waals surface area contributed by atoms with Gasteiger partial charge in [-0.15, -0.1) is 0 Å². The van der Waals surface area contributed by atoms with E-state index in [0.29, 0.717) is 0 Å². The number of aliphatic hydroxyl groups is 1.